The molecule has 0 aliphatic carbocycles. The van der Waals surface area contributed by atoms with E-state index in [0.717, 1.165) is 22.4 Å². The van der Waals surface area contributed by atoms with Gasteiger partial charge in [-0.3, -0.25) is 4.79 Å². The van der Waals surface area contributed by atoms with Crippen LogP contribution in [0.4, 0.5) is 5.69 Å². The van der Waals surface area contributed by atoms with Crippen molar-refractivity contribution in [3.05, 3.63) is 70.9 Å². The Hall–Kier alpha value is -2.88. The first-order valence-corrected chi connectivity index (χ1v) is 7.46. The lowest BCUT2D eigenvalue weighted by Crippen LogP contribution is -2.14. The molecule has 0 atom stereocenters. The topological polar surface area (TPSA) is 55.1 Å². The van der Waals surface area contributed by atoms with Gasteiger partial charge in [0.15, 0.2) is 11.5 Å². The number of rotatable bonds is 3. The fourth-order valence-electron chi connectivity index (χ4n) is 2.68. The third kappa shape index (κ3) is 3.16. The Labute approximate surface area is 135 Å². The van der Waals surface area contributed by atoms with E-state index in [9.17, 15) is 4.79 Å². The van der Waals surface area contributed by atoms with Crippen LogP contribution in [0.3, 0.4) is 0 Å². The third-order valence-electron chi connectivity index (χ3n) is 3.72. The normalized spacial score (nSPS) is 10.6. The van der Waals surface area contributed by atoms with Crippen molar-refractivity contribution in [1.29, 1.82) is 0 Å². The Balaban J connectivity index is 1.84. The summed E-state index contributed by atoms with van der Waals surface area (Å²) in [6.45, 7) is 6.00. The summed E-state index contributed by atoms with van der Waals surface area (Å²) in [5.41, 5.74) is 5.21. The van der Waals surface area contributed by atoms with Gasteiger partial charge in [-0.2, -0.15) is 0 Å². The number of aromatic nitrogens is 1. The molecule has 1 heterocycles. The number of nitrogens with zero attached hydrogens (tertiary/aromatic N) is 1. The maximum absolute atomic E-state index is 12.4. The SMILES string of the molecule is Cc1cc(C)c(NC(=O)c2cc(-c3ccccc3)on2)c(C)c1. The molecule has 0 saturated heterocycles. The van der Waals surface area contributed by atoms with Gasteiger partial charge in [-0.25, -0.2) is 0 Å². The highest BCUT2D eigenvalue weighted by Gasteiger charge is 2.15. The lowest BCUT2D eigenvalue weighted by Gasteiger charge is -2.11. The monoisotopic (exact) mass is 306 g/mol. The molecule has 1 N–H and O–H groups in total. The second-order valence-electron chi connectivity index (χ2n) is 5.67. The van der Waals surface area contributed by atoms with Crippen LogP contribution in [0.1, 0.15) is 27.2 Å². The maximum atomic E-state index is 12.4. The van der Waals surface area contributed by atoms with Gasteiger partial charge >= 0.3 is 0 Å². The van der Waals surface area contributed by atoms with Crippen LogP contribution < -0.4 is 5.32 Å². The van der Waals surface area contributed by atoms with Crippen LogP contribution in [0.5, 0.6) is 0 Å². The summed E-state index contributed by atoms with van der Waals surface area (Å²) in [5.74, 6) is 0.305. The second kappa shape index (κ2) is 6.08. The highest BCUT2D eigenvalue weighted by Crippen LogP contribution is 2.24. The molecule has 3 rings (SSSR count). The molecule has 116 valence electrons. The smallest absolute Gasteiger partial charge is 0.277 e. The highest BCUT2D eigenvalue weighted by molar-refractivity contribution is 6.04. The van der Waals surface area contributed by atoms with E-state index in [0.29, 0.717) is 5.76 Å². The van der Waals surface area contributed by atoms with Crippen molar-refractivity contribution in [1.82, 2.24) is 5.16 Å². The van der Waals surface area contributed by atoms with Gasteiger partial charge in [0.25, 0.3) is 5.91 Å². The molecule has 0 radical (unpaired) electrons. The average molecular weight is 306 g/mol. The molecule has 0 bridgehead atoms. The predicted molar refractivity (Wildman–Crippen MR) is 90.5 cm³/mol. The minimum absolute atomic E-state index is 0.267. The van der Waals surface area contributed by atoms with Gasteiger partial charge in [0.2, 0.25) is 0 Å². The zero-order valence-electron chi connectivity index (χ0n) is 13.4. The van der Waals surface area contributed by atoms with E-state index in [4.69, 9.17) is 4.52 Å². The summed E-state index contributed by atoms with van der Waals surface area (Å²) >= 11 is 0. The van der Waals surface area contributed by atoms with Gasteiger partial charge in [-0.15, -0.1) is 0 Å². The minimum atomic E-state index is -0.272. The number of carbonyl (C=O) groups excluding carboxylic acids is 1. The summed E-state index contributed by atoms with van der Waals surface area (Å²) in [6, 6.07) is 15.3. The summed E-state index contributed by atoms with van der Waals surface area (Å²) in [7, 11) is 0. The van der Waals surface area contributed by atoms with Gasteiger partial charge in [-0.05, 0) is 31.9 Å². The van der Waals surface area contributed by atoms with E-state index in [1.807, 2.05) is 63.2 Å². The van der Waals surface area contributed by atoms with E-state index in [2.05, 4.69) is 10.5 Å². The zero-order chi connectivity index (χ0) is 16.4. The summed E-state index contributed by atoms with van der Waals surface area (Å²) < 4.78 is 5.28. The van der Waals surface area contributed by atoms with Crippen LogP contribution in [0, 0.1) is 20.8 Å². The van der Waals surface area contributed by atoms with Gasteiger partial charge in [0.1, 0.15) is 0 Å². The number of nitrogens with one attached hydrogen (secondary N) is 1. The first-order valence-electron chi connectivity index (χ1n) is 7.46. The molecule has 4 nitrogen and oxygen atoms in total. The van der Waals surface area contributed by atoms with Crippen LogP contribution >= 0.6 is 0 Å². The number of hydrogen-bond acceptors (Lipinski definition) is 3. The molecule has 3 aromatic rings. The number of hydrogen-bond donors (Lipinski definition) is 1. The van der Waals surface area contributed by atoms with Crippen molar-refractivity contribution in [2.45, 2.75) is 20.8 Å². The molecule has 0 aliphatic heterocycles. The first-order chi connectivity index (χ1) is 11.0. The zero-order valence-corrected chi connectivity index (χ0v) is 13.4. The molecular formula is C19H18N2O2. The molecule has 4 heteroatoms. The molecule has 0 saturated carbocycles. The van der Waals surface area contributed by atoms with Crippen molar-refractivity contribution >= 4 is 11.6 Å². The molecule has 0 spiro atoms. The number of amides is 1. The molecule has 23 heavy (non-hydrogen) atoms. The van der Waals surface area contributed by atoms with Crippen molar-refractivity contribution in [2.75, 3.05) is 5.32 Å². The molecule has 0 fully saturated rings. The minimum Gasteiger partial charge on any atom is -0.355 e. The fraction of sp³-hybridized carbons (Fsp3) is 0.158. The van der Waals surface area contributed by atoms with E-state index in [-0.39, 0.29) is 11.6 Å². The van der Waals surface area contributed by atoms with Crippen LogP contribution in [0.15, 0.2) is 53.1 Å². The van der Waals surface area contributed by atoms with Crippen LogP contribution in [0.2, 0.25) is 0 Å². The number of benzene rings is 2. The largest absolute Gasteiger partial charge is 0.355 e. The molecule has 0 aliphatic rings. The lowest BCUT2D eigenvalue weighted by molar-refractivity contribution is 0.101. The summed E-state index contributed by atoms with van der Waals surface area (Å²) in [5, 5.41) is 6.80. The molecular weight excluding hydrogens is 288 g/mol. The van der Waals surface area contributed by atoms with E-state index >= 15 is 0 Å². The number of anilines is 1. The Morgan fingerprint density at radius 3 is 2.30 bits per heavy atom. The van der Waals surface area contributed by atoms with Gasteiger partial charge in [-0.1, -0.05) is 53.2 Å². The fourth-order valence-corrected chi connectivity index (χ4v) is 2.68. The maximum Gasteiger partial charge on any atom is 0.277 e. The summed E-state index contributed by atoms with van der Waals surface area (Å²) in [6.07, 6.45) is 0. The molecule has 1 aromatic heterocycles. The second-order valence-corrected chi connectivity index (χ2v) is 5.67. The highest BCUT2D eigenvalue weighted by atomic mass is 16.5. The molecule has 1 amide bonds. The Kier molecular flexibility index (Phi) is 3.98. The number of carbonyl (C=O) groups is 1. The van der Waals surface area contributed by atoms with Crippen LogP contribution in [-0.2, 0) is 0 Å². The van der Waals surface area contributed by atoms with Crippen LogP contribution in [-0.4, -0.2) is 11.1 Å². The van der Waals surface area contributed by atoms with Gasteiger partial charge in [0, 0.05) is 17.3 Å². The predicted octanol–water partition coefficient (Wildman–Crippen LogP) is 4.52. The molecule has 2 aromatic carbocycles. The quantitative estimate of drug-likeness (QED) is 0.774. The van der Waals surface area contributed by atoms with Crippen LogP contribution in [0.25, 0.3) is 11.3 Å². The Morgan fingerprint density at radius 2 is 1.65 bits per heavy atom. The van der Waals surface area contributed by atoms with Crippen molar-refractivity contribution in [3.8, 4) is 11.3 Å². The standard InChI is InChI=1S/C19H18N2O2/c1-12-9-13(2)18(14(3)10-12)20-19(22)16-11-17(23-21-16)15-7-5-4-6-8-15/h4-11H,1-3H3,(H,20,22). The van der Waals surface area contributed by atoms with Crippen molar-refractivity contribution in [3.63, 3.8) is 0 Å². The molecule has 0 unspecified atom stereocenters. The average Bonchev–Trinajstić information content (AvgIpc) is 3.01. The van der Waals surface area contributed by atoms with Gasteiger partial charge in [0.05, 0.1) is 0 Å². The van der Waals surface area contributed by atoms with Gasteiger partial charge < -0.3 is 9.84 Å². The Morgan fingerprint density at radius 1 is 1.00 bits per heavy atom. The van der Waals surface area contributed by atoms with Crippen molar-refractivity contribution < 1.29 is 9.32 Å². The van der Waals surface area contributed by atoms with E-state index in [1.54, 1.807) is 6.07 Å². The van der Waals surface area contributed by atoms with E-state index in [1.165, 1.54) is 5.56 Å². The third-order valence-corrected chi connectivity index (χ3v) is 3.72. The van der Waals surface area contributed by atoms with E-state index < -0.39 is 0 Å². The lowest BCUT2D eigenvalue weighted by atomic mass is 10.0. The summed E-state index contributed by atoms with van der Waals surface area (Å²) in [4.78, 5) is 12.4. The Bertz CT molecular complexity index is 828. The number of aryl methyl sites for hydroxylation is 3. The van der Waals surface area contributed by atoms with Crippen molar-refractivity contribution in [2.24, 2.45) is 0 Å². The first kappa shape index (κ1) is 15.0.